The lowest BCUT2D eigenvalue weighted by atomic mass is 10.0. The zero-order valence-corrected chi connectivity index (χ0v) is 12.5. The molecule has 0 radical (unpaired) electrons. The van der Waals surface area contributed by atoms with Crippen molar-refractivity contribution >= 4 is 5.91 Å². The minimum absolute atomic E-state index is 0.0694. The van der Waals surface area contributed by atoms with E-state index in [0.29, 0.717) is 11.6 Å². The molecule has 4 heteroatoms. The van der Waals surface area contributed by atoms with E-state index < -0.39 is 0 Å². The zero-order chi connectivity index (χ0) is 14.7. The second kappa shape index (κ2) is 6.27. The van der Waals surface area contributed by atoms with Gasteiger partial charge in [-0.3, -0.25) is 4.79 Å². The Labute approximate surface area is 120 Å². The number of benzene rings is 1. The summed E-state index contributed by atoms with van der Waals surface area (Å²) in [5.74, 6) is 0.306. The molecule has 1 fully saturated rings. The number of rotatable bonds is 3. The van der Waals surface area contributed by atoms with Crippen LogP contribution in [0.1, 0.15) is 42.6 Å². The number of amides is 1. The normalized spacial score (nSPS) is 22.9. The standard InChI is InChI=1S/C16H24N2O2/c1-4-13-10-18(14(5-2)9-17-13)16(20)12-6-7-15(19)11(3)8-12/h6-8,13-14,17,19H,4-5,9-10H2,1-3H3. The molecule has 1 aliphatic rings. The fraction of sp³-hybridized carbons (Fsp3) is 0.562. The molecule has 2 N–H and O–H groups in total. The Balaban J connectivity index is 2.22. The second-order valence-corrected chi connectivity index (χ2v) is 5.53. The van der Waals surface area contributed by atoms with Crippen LogP contribution in [0.5, 0.6) is 5.75 Å². The Morgan fingerprint density at radius 3 is 2.75 bits per heavy atom. The largest absolute Gasteiger partial charge is 0.508 e. The van der Waals surface area contributed by atoms with Gasteiger partial charge in [0.05, 0.1) is 0 Å². The molecular weight excluding hydrogens is 252 g/mol. The second-order valence-electron chi connectivity index (χ2n) is 5.53. The van der Waals surface area contributed by atoms with Crippen molar-refractivity contribution in [3.63, 3.8) is 0 Å². The molecule has 110 valence electrons. The Morgan fingerprint density at radius 1 is 1.40 bits per heavy atom. The van der Waals surface area contributed by atoms with E-state index >= 15 is 0 Å². The van der Waals surface area contributed by atoms with Crippen molar-refractivity contribution in [2.75, 3.05) is 13.1 Å². The molecule has 1 aromatic rings. The third-order valence-corrected chi connectivity index (χ3v) is 4.17. The molecule has 2 atom stereocenters. The molecule has 1 heterocycles. The highest BCUT2D eigenvalue weighted by Crippen LogP contribution is 2.21. The Kier molecular flexibility index (Phi) is 4.65. The van der Waals surface area contributed by atoms with Crippen LogP contribution in [-0.4, -0.2) is 41.1 Å². The first-order valence-electron chi connectivity index (χ1n) is 7.40. The maximum Gasteiger partial charge on any atom is 0.254 e. The Bertz CT molecular complexity index is 487. The lowest BCUT2D eigenvalue weighted by Crippen LogP contribution is -2.57. The van der Waals surface area contributed by atoms with Gasteiger partial charge in [0.25, 0.3) is 5.91 Å². The van der Waals surface area contributed by atoms with Crippen molar-refractivity contribution in [1.82, 2.24) is 10.2 Å². The van der Waals surface area contributed by atoms with Gasteiger partial charge in [-0.15, -0.1) is 0 Å². The van der Waals surface area contributed by atoms with E-state index in [9.17, 15) is 9.90 Å². The number of phenolic OH excluding ortho intramolecular Hbond substituents is 1. The highest BCUT2D eigenvalue weighted by atomic mass is 16.3. The van der Waals surface area contributed by atoms with Crippen LogP contribution in [0.2, 0.25) is 0 Å². The van der Waals surface area contributed by atoms with Gasteiger partial charge in [0.1, 0.15) is 5.75 Å². The van der Waals surface area contributed by atoms with Gasteiger partial charge in [-0.2, -0.15) is 0 Å². The first kappa shape index (κ1) is 14.9. The van der Waals surface area contributed by atoms with Gasteiger partial charge in [-0.25, -0.2) is 0 Å². The molecule has 1 aromatic carbocycles. The van der Waals surface area contributed by atoms with Crippen LogP contribution in [-0.2, 0) is 0 Å². The molecule has 1 saturated heterocycles. The van der Waals surface area contributed by atoms with Crippen LogP contribution in [0.3, 0.4) is 0 Å². The predicted molar refractivity (Wildman–Crippen MR) is 80.0 cm³/mol. The number of hydrogen-bond donors (Lipinski definition) is 2. The minimum Gasteiger partial charge on any atom is -0.508 e. The quantitative estimate of drug-likeness (QED) is 0.890. The molecule has 20 heavy (non-hydrogen) atoms. The number of carbonyl (C=O) groups excluding carboxylic acids is 1. The Morgan fingerprint density at radius 2 is 2.15 bits per heavy atom. The van der Waals surface area contributed by atoms with Gasteiger partial charge in [-0.1, -0.05) is 13.8 Å². The van der Waals surface area contributed by atoms with Crippen LogP contribution in [0.4, 0.5) is 0 Å². The van der Waals surface area contributed by atoms with E-state index in [0.717, 1.165) is 31.5 Å². The van der Waals surface area contributed by atoms with Gasteiger partial charge in [0.2, 0.25) is 0 Å². The maximum absolute atomic E-state index is 12.7. The number of carbonyl (C=O) groups is 1. The Hall–Kier alpha value is -1.55. The molecule has 2 rings (SSSR count). The summed E-state index contributed by atoms with van der Waals surface area (Å²) in [4.78, 5) is 14.7. The van der Waals surface area contributed by atoms with Crippen LogP contribution < -0.4 is 5.32 Å². The molecular formula is C16H24N2O2. The molecule has 1 aliphatic heterocycles. The molecule has 0 aliphatic carbocycles. The first-order chi connectivity index (χ1) is 9.56. The molecule has 0 saturated carbocycles. The van der Waals surface area contributed by atoms with Gasteiger partial charge in [0, 0.05) is 30.7 Å². The topological polar surface area (TPSA) is 52.6 Å². The summed E-state index contributed by atoms with van der Waals surface area (Å²) in [6.07, 6.45) is 1.97. The summed E-state index contributed by atoms with van der Waals surface area (Å²) in [6, 6.07) is 5.70. The number of nitrogens with one attached hydrogen (secondary N) is 1. The van der Waals surface area contributed by atoms with Crippen molar-refractivity contribution in [3.05, 3.63) is 29.3 Å². The van der Waals surface area contributed by atoms with E-state index in [4.69, 9.17) is 0 Å². The maximum atomic E-state index is 12.7. The van der Waals surface area contributed by atoms with Crippen LogP contribution in [0, 0.1) is 6.92 Å². The molecule has 1 amide bonds. The van der Waals surface area contributed by atoms with E-state index in [1.54, 1.807) is 18.2 Å². The van der Waals surface area contributed by atoms with E-state index in [1.807, 2.05) is 11.8 Å². The first-order valence-corrected chi connectivity index (χ1v) is 7.40. The number of aromatic hydroxyl groups is 1. The number of aryl methyl sites for hydroxylation is 1. The molecule has 4 nitrogen and oxygen atoms in total. The number of piperazine rings is 1. The highest BCUT2D eigenvalue weighted by molar-refractivity contribution is 5.95. The van der Waals surface area contributed by atoms with Crippen molar-refractivity contribution in [2.24, 2.45) is 0 Å². The third-order valence-electron chi connectivity index (χ3n) is 4.17. The van der Waals surface area contributed by atoms with Crippen molar-refractivity contribution in [2.45, 2.75) is 45.7 Å². The van der Waals surface area contributed by atoms with Gasteiger partial charge in [-0.05, 0) is 43.5 Å². The minimum atomic E-state index is 0.0694. The van der Waals surface area contributed by atoms with E-state index in [-0.39, 0.29) is 17.7 Å². The van der Waals surface area contributed by atoms with Crippen LogP contribution >= 0.6 is 0 Å². The predicted octanol–water partition coefficient (Wildman–Crippen LogP) is 2.30. The van der Waals surface area contributed by atoms with Crippen LogP contribution in [0.15, 0.2) is 18.2 Å². The van der Waals surface area contributed by atoms with Crippen molar-refractivity contribution < 1.29 is 9.90 Å². The summed E-state index contributed by atoms with van der Waals surface area (Å²) < 4.78 is 0. The highest BCUT2D eigenvalue weighted by Gasteiger charge is 2.30. The summed E-state index contributed by atoms with van der Waals surface area (Å²) >= 11 is 0. The summed E-state index contributed by atoms with van der Waals surface area (Å²) in [5.41, 5.74) is 1.40. The molecule has 2 unspecified atom stereocenters. The lowest BCUT2D eigenvalue weighted by Gasteiger charge is -2.40. The summed E-state index contributed by atoms with van der Waals surface area (Å²) in [7, 11) is 0. The summed E-state index contributed by atoms with van der Waals surface area (Å²) in [5, 5.41) is 13.1. The van der Waals surface area contributed by atoms with Gasteiger partial charge in [0.15, 0.2) is 0 Å². The van der Waals surface area contributed by atoms with Crippen molar-refractivity contribution in [3.8, 4) is 5.75 Å². The fourth-order valence-corrected chi connectivity index (χ4v) is 2.71. The zero-order valence-electron chi connectivity index (χ0n) is 12.5. The number of nitrogens with zero attached hydrogens (tertiary/aromatic N) is 1. The molecule has 0 aromatic heterocycles. The van der Waals surface area contributed by atoms with Crippen molar-refractivity contribution in [1.29, 1.82) is 0 Å². The van der Waals surface area contributed by atoms with E-state index in [1.165, 1.54) is 0 Å². The van der Waals surface area contributed by atoms with Gasteiger partial charge >= 0.3 is 0 Å². The van der Waals surface area contributed by atoms with Crippen LogP contribution in [0.25, 0.3) is 0 Å². The summed E-state index contributed by atoms with van der Waals surface area (Å²) in [6.45, 7) is 7.68. The lowest BCUT2D eigenvalue weighted by molar-refractivity contribution is 0.0576. The average molecular weight is 276 g/mol. The molecule has 0 bridgehead atoms. The molecule has 0 spiro atoms. The number of phenols is 1. The van der Waals surface area contributed by atoms with E-state index in [2.05, 4.69) is 19.2 Å². The number of hydrogen-bond acceptors (Lipinski definition) is 3. The smallest absolute Gasteiger partial charge is 0.254 e. The average Bonchev–Trinajstić information content (AvgIpc) is 2.48. The van der Waals surface area contributed by atoms with Gasteiger partial charge < -0.3 is 15.3 Å². The monoisotopic (exact) mass is 276 g/mol. The third kappa shape index (κ3) is 2.96. The SMILES string of the molecule is CCC1CN(C(=O)c2ccc(O)c(C)c2)C(CC)CN1. The fourth-order valence-electron chi connectivity index (χ4n) is 2.71.